The lowest BCUT2D eigenvalue weighted by atomic mass is 10.0. The number of rotatable bonds is 9. The number of carbonyl (C=O) groups excluding carboxylic acids is 1. The molecule has 0 aliphatic heterocycles. The molecule has 0 aliphatic carbocycles. The van der Waals surface area contributed by atoms with Gasteiger partial charge in [0.2, 0.25) is 0 Å². The SMILES string of the molecule is CCCCCCCc1ccc(OC(=O)c2ccc(-c3ccc(F)cc3)cc2)cc1. The number of benzene rings is 3. The minimum Gasteiger partial charge on any atom is -0.423 e. The molecule has 0 atom stereocenters. The Hall–Kier alpha value is -2.94. The number of hydrogen-bond donors (Lipinski definition) is 0. The maximum absolute atomic E-state index is 13.0. The van der Waals surface area contributed by atoms with Crippen LogP contribution < -0.4 is 4.74 Å². The van der Waals surface area contributed by atoms with Crippen molar-refractivity contribution in [3.8, 4) is 16.9 Å². The standard InChI is InChI=1S/C26H27FO2/c1-2-3-4-5-6-7-20-8-18-25(19-9-20)29-26(28)23-12-10-21(11-13-23)22-14-16-24(27)17-15-22/h8-19H,2-7H2,1H3. The van der Waals surface area contributed by atoms with E-state index >= 15 is 0 Å². The van der Waals surface area contributed by atoms with E-state index in [0.717, 1.165) is 17.5 Å². The lowest BCUT2D eigenvalue weighted by Crippen LogP contribution is -2.08. The van der Waals surface area contributed by atoms with Gasteiger partial charge in [-0.1, -0.05) is 69.0 Å². The zero-order valence-corrected chi connectivity index (χ0v) is 16.9. The molecule has 0 fully saturated rings. The van der Waals surface area contributed by atoms with Crippen molar-refractivity contribution in [2.45, 2.75) is 45.4 Å². The predicted molar refractivity (Wildman–Crippen MR) is 116 cm³/mol. The van der Waals surface area contributed by atoms with Crippen LogP contribution in [0.15, 0.2) is 72.8 Å². The summed E-state index contributed by atoms with van der Waals surface area (Å²) in [6.45, 7) is 2.22. The number of carbonyl (C=O) groups is 1. The van der Waals surface area contributed by atoms with E-state index < -0.39 is 0 Å². The lowest BCUT2D eigenvalue weighted by Gasteiger charge is -2.07. The van der Waals surface area contributed by atoms with Crippen molar-refractivity contribution in [1.29, 1.82) is 0 Å². The number of ether oxygens (including phenoxy) is 1. The highest BCUT2D eigenvalue weighted by Crippen LogP contribution is 2.21. The van der Waals surface area contributed by atoms with Gasteiger partial charge in [0.1, 0.15) is 11.6 Å². The van der Waals surface area contributed by atoms with E-state index in [0.29, 0.717) is 11.3 Å². The number of unbranched alkanes of at least 4 members (excludes halogenated alkanes) is 4. The summed E-state index contributed by atoms with van der Waals surface area (Å²) in [6.07, 6.45) is 7.38. The molecule has 0 aliphatic rings. The number of halogens is 1. The topological polar surface area (TPSA) is 26.3 Å². The molecule has 3 aromatic carbocycles. The van der Waals surface area contributed by atoms with Gasteiger partial charge in [0.15, 0.2) is 0 Å². The maximum Gasteiger partial charge on any atom is 0.343 e. The Bertz CT molecular complexity index is 897. The average molecular weight is 390 g/mol. The molecule has 0 bridgehead atoms. The number of aryl methyl sites for hydroxylation is 1. The van der Waals surface area contributed by atoms with Gasteiger partial charge in [0.05, 0.1) is 5.56 Å². The molecule has 0 unspecified atom stereocenters. The first-order valence-corrected chi connectivity index (χ1v) is 10.3. The molecular weight excluding hydrogens is 363 g/mol. The molecule has 2 nitrogen and oxygen atoms in total. The van der Waals surface area contributed by atoms with Gasteiger partial charge in [0, 0.05) is 0 Å². The first kappa shape index (κ1) is 20.8. The van der Waals surface area contributed by atoms with Gasteiger partial charge in [-0.25, -0.2) is 9.18 Å². The van der Waals surface area contributed by atoms with Gasteiger partial charge in [-0.3, -0.25) is 0 Å². The lowest BCUT2D eigenvalue weighted by molar-refractivity contribution is 0.0734. The van der Waals surface area contributed by atoms with Crippen LogP contribution >= 0.6 is 0 Å². The first-order chi connectivity index (χ1) is 14.2. The largest absolute Gasteiger partial charge is 0.423 e. The molecule has 0 saturated carbocycles. The normalized spacial score (nSPS) is 10.7. The van der Waals surface area contributed by atoms with E-state index in [1.807, 2.05) is 36.4 Å². The first-order valence-electron chi connectivity index (χ1n) is 10.3. The molecule has 0 radical (unpaired) electrons. The Balaban J connectivity index is 1.53. The van der Waals surface area contributed by atoms with Crippen LogP contribution in [0, 0.1) is 5.82 Å². The molecule has 0 heterocycles. The molecule has 29 heavy (non-hydrogen) atoms. The Kier molecular flexibility index (Phi) is 7.57. The maximum atomic E-state index is 13.0. The van der Waals surface area contributed by atoms with Crippen LogP contribution in [0.3, 0.4) is 0 Å². The van der Waals surface area contributed by atoms with Gasteiger partial charge >= 0.3 is 5.97 Å². The number of hydrogen-bond acceptors (Lipinski definition) is 2. The summed E-state index contributed by atoms with van der Waals surface area (Å²) in [5.74, 6) is -0.105. The second kappa shape index (κ2) is 10.6. The summed E-state index contributed by atoms with van der Waals surface area (Å²) in [4.78, 5) is 12.4. The van der Waals surface area contributed by atoms with Crippen molar-refractivity contribution in [3.63, 3.8) is 0 Å². The van der Waals surface area contributed by atoms with E-state index in [9.17, 15) is 9.18 Å². The minimum atomic E-state index is -0.386. The van der Waals surface area contributed by atoms with Gasteiger partial charge < -0.3 is 4.74 Å². The summed E-state index contributed by atoms with van der Waals surface area (Å²) >= 11 is 0. The molecule has 0 saturated heterocycles. The summed E-state index contributed by atoms with van der Waals surface area (Å²) in [5, 5.41) is 0. The van der Waals surface area contributed by atoms with Crippen LogP contribution in [0.2, 0.25) is 0 Å². The summed E-state index contributed by atoms with van der Waals surface area (Å²) in [6, 6.07) is 21.2. The van der Waals surface area contributed by atoms with Gasteiger partial charge in [0.25, 0.3) is 0 Å². The van der Waals surface area contributed by atoms with Crippen LogP contribution in [-0.2, 0) is 6.42 Å². The van der Waals surface area contributed by atoms with Gasteiger partial charge in [-0.05, 0) is 65.9 Å². The van der Waals surface area contributed by atoms with E-state index in [2.05, 4.69) is 6.92 Å². The quantitative estimate of drug-likeness (QED) is 0.219. The predicted octanol–water partition coefficient (Wildman–Crippen LogP) is 7.22. The zero-order chi connectivity index (χ0) is 20.5. The minimum absolute atomic E-state index is 0.267. The highest BCUT2D eigenvalue weighted by Gasteiger charge is 2.09. The van der Waals surface area contributed by atoms with Crippen molar-refractivity contribution in [2.24, 2.45) is 0 Å². The molecule has 3 aromatic rings. The summed E-state index contributed by atoms with van der Waals surface area (Å²) < 4.78 is 18.5. The van der Waals surface area contributed by atoms with E-state index in [4.69, 9.17) is 4.74 Å². The van der Waals surface area contributed by atoms with E-state index in [-0.39, 0.29) is 11.8 Å². The van der Waals surface area contributed by atoms with E-state index in [1.54, 1.807) is 24.3 Å². The van der Waals surface area contributed by atoms with Crippen molar-refractivity contribution in [2.75, 3.05) is 0 Å². The molecule has 3 heteroatoms. The smallest absolute Gasteiger partial charge is 0.343 e. The third kappa shape index (κ3) is 6.28. The van der Waals surface area contributed by atoms with Gasteiger partial charge in [-0.15, -0.1) is 0 Å². The molecule has 3 rings (SSSR count). The second-order valence-electron chi connectivity index (χ2n) is 7.28. The summed E-state index contributed by atoms with van der Waals surface area (Å²) in [5.41, 5.74) is 3.57. The van der Waals surface area contributed by atoms with Crippen LogP contribution in [0.5, 0.6) is 5.75 Å². The molecule has 0 N–H and O–H groups in total. The Morgan fingerprint density at radius 1 is 0.759 bits per heavy atom. The molecule has 0 spiro atoms. The van der Waals surface area contributed by atoms with Crippen molar-refractivity contribution < 1.29 is 13.9 Å². The monoisotopic (exact) mass is 390 g/mol. The van der Waals surface area contributed by atoms with Crippen molar-refractivity contribution in [3.05, 3.63) is 89.7 Å². The molecular formula is C26H27FO2. The molecule has 0 aromatic heterocycles. The second-order valence-corrected chi connectivity index (χ2v) is 7.28. The Morgan fingerprint density at radius 3 is 1.97 bits per heavy atom. The fourth-order valence-electron chi connectivity index (χ4n) is 3.26. The van der Waals surface area contributed by atoms with Crippen LogP contribution in [0.4, 0.5) is 4.39 Å². The Labute approximate surface area is 172 Å². The fourth-order valence-corrected chi connectivity index (χ4v) is 3.26. The van der Waals surface area contributed by atoms with Crippen LogP contribution in [0.1, 0.15) is 54.9 Å². The Morgan fingerprint density at radius 2 is 1.34 bits per heavy atom. The van der Waals surface area contributed by atoms with Crippen LogP contribution in [-0.4, -0.2) is 5.97 Å². The molecule has 0 amide bonds. The summed E-state index contributed by atoms with van der Waals surface area (Å²) in [7, 11) is 0. The highest BCUT2D eigenvalue weighted by molar-refractivity contribution is 5.91. The average Bonchev–Trinajstić information content (AvgIpc) is 2.75. The van der Waals surface area contributed by atoms with Crippen molar-refractivity contribution in [1.82, 2.24) is 0 Å². The fraction of sp³-hybridized carbons (Fsp3) is 0.269. The third-order valence-electron chi connectivity index (χ3n) is 5.00. The van der Waals surface area contributed by atoms with Crippen molar-refractivity contribution >= 4 is 5.97 Å². The zero-order valence-electron chi connectivity index (χ0n) is 16.9. The van der Waals surface area contributed by atoms with Crippen LogP contribution in [0.25, 0.3) is 11.1 Å². The highest BCUT2D eigenvalue weighted by atomic mass is 19.1. The van der Waals surface area contributed by atoms with E-state index in [1.165, 1.54) is 49.8 Å². The third-order valence-corrected chi connectivity index (χ3v) is 5.00. The van der Waals surface area contributed by atoms with Gasteiger partial charge in [-0.2, -0.15) is 0 Å². The number of esters is 1. The molecule has 150 valence electrons.